The van der Waals surface area contributed by atoms with Crippen LogP contribution >= 0.6 is 11.3 Å². The highest BCUT2D eigenvalue weighted by Crippen LogP contribution is 2.42. The Morgan fingerprint density at radius 3 is 2.76 bits per heavy atom. The van der Waals surface area contributed by atoms with E-state index in [0.29, 0.717) is 16.3 Å². The molecule has 142 valence electrons. The minimum absolute atomic E-state index is 0.0513. The molecule has 1 amide bonds. The molecular formula is C21H13N3O4S. The molecule has 1 N–H and O–H groups in total. The number of hydrogen-bond acceptors (Lipinski definition) is 7. The van der Waals surface area contributed by atoms with Gasteiger partial charge in [-0.2, -0.15) is 0 Å². The highest BCUT2D eigenvalue weighted by Gasteiger charge is 2.46. The predicted octanol–water partition coefficient (Wildman–Crippen LogP) is 4.07. The Bertz CT molecular complexity index is 1230. The summed E-state index contributed by atoms with van der Waals surface area (Å²) < 4.78 is 5.68. The third-order valence-corrected chi connectivity index (χ3v) is 5.50. The zero-order chi connectivity index (χ0) is 20.0. The van der Waals surface area contributed by atoms with Crippen LogP contribution in [-0.2, 0) is 4.79 Å². The van der Waals surface area contributed by atoms with Crippen molar-refractivity contribution in [2.45, 2.75) is 6.04 Å². The summed E-state index contributed by atoms with van der Waals surface area (Å²) in [6.45, 7) is 0. The molecule has 8 heteroatoms. The number of fused-ring (bicyclic) bond motifs is 1. The van der Waals surface area contributed by atoms with Crippen molar-refractivity contribution < 1.29 is 19.1 Å². The number of benzene rings is 1. The van der Waals surface area contributed by atoms with Gasteiger partial charge in [0.2, 0.25) is 5.78 Å². The number of ketones is 1. The summed E-state index contributed by atoms with van der Waals surface area (Å²) in [7, 11) is 0. The molecular weight excluding hydrogens is 390 g/mol. The van der Waals surface area contributed by atoms with Crippen LogP contribution in [0.2, 0.25) is 0 Å². The number of pyridine rings is 1. The first-order valence-electron chi connectivity index (χ1n) is 8.74. The molecule has 3 aromatic heterocycles. The van der Waals surface area contributed by atoms with Crippen LogP contribution in [0.15, 0.2) is 82.2 Å². The number of aliphatic hydroxyl groups excluding tert-OH is 1. The molecule has 1 atom stereocenters. The van der Waals surface area contributed by atoms with Gasteiger partial charge < -0.3 is 9.52 Å². The fraction of sp³-hybridized carbons (Fsp3) is 0.0476. The second-order valence-corrected chi connectivity index (χ2v) is 7.29. The van der Waals surface area contributed by atoms with Gasteiger partial charge in [-0.05, 0) is 23.8 Å². The molecule has 0 bridgehead atoms. The second kappa shape index (κ2) is 6.68. The SMILES string of the molecule is O=C(C1=C(O)C(=O)N(c2nccs2)C1c1cccnc1)c1cc2ccccc2o1. The van der Waals surface area contributed by atoms with Crippen molar-refractivity contribution in [2.75, 3.05) is 4.90 Å². The lowest BCUT2D eigenvalue weighted by atomic mass is 9.96. The third-order valence-electron chi connectivity index (χ3n) is 4.73. The van der Waals surface area contributed by atoms with Gasteiger partial charge >= 0.3 is 0 Å². The van der Waals surface area contributed by atoms with Crippen molar-refractivity contribution in [3.8, 4) is 0 Å². The van der Waals surface area contributed by atoms with Crippen molar-refractivity contribution >= 4 is 39.1 Å². The van der Waals surface area contributed by atoms with Crippen LogP contribution in [0.25, 0.3) is 11.0 Å². The number of carbonyl (C=O) groups excluding carboxylic acids is 2. The van der Waals surface area contributed by atoms with Crippen molar-refractivity contribution in [1.29, 1.82) is 0 Å². The highest BCUT2D eigenvalue weighted by atomic mass is 32.1. The maximum absolute atomic E-state index is 13.3. The molecule has 1 aliphatic rings. The lowest BCUT2D eigenvalue weighted by molar-refractivity contribution is -0.117. The number of aromatic nitrogens is 2. The number of rotatable bonds is 4. The quantitative estimate of drug-likeness (QED) is 0.516. The van der Waals surface area contributed by atoms with Crippen molar-refractivity contribution in [1.82, 2.24) is 9.97 Å². The molecule has 0 radical (unpaired) electrons. The number of nitrogens with zero attached hydrogens (tertiary/aromatic N) is 3. The Morgan fingerprint density at radius 2 is 2.03 bits per heavy atom. The van der Waals surface area contributed by atoms with Gasteiger partial charge in [-0.3, -0.25) is 19.5 Å². The van der Waals surface area contributed by atoms with E-state index in [-0.39, 0.29) is 11.3 Å². The van der Waals surface area contributed by atoms with Gasteiger partial charge in [0.05, 0.1) is 11.6 Å². The second-order valence-electron chi connectivity index (χ2n) is 6.42. The molecule has 0 spiro atoms. The molecule has 7 nitrogen and oxygen atoms in total. The molecule has 0 fully saturated rings. The first kappa shape index (κ1) is 17.3. The van der Waals surface area contributed by atoms with Crippen LogP contribution in [0.5, 0.6) is 0 Å². The number of thiazole rings is 1. The number of para-hydroxylation sites is 1. The molecule has 0 saturated carbocycles. The Morgan fingerprint density at radius 1 is 1.17 bits per heavy atom. The number of amides is 1. The van der Waals surface area contributed by atoms with E-state index in [0.717, 1.165) is 5.39 Å². The van der Waals surface area contributed by atoms with Crippen LogP contribution < -0.4 is 4.90 Å². The standard InChI is InChI=1S/C21H13N3O4S/c25-18(15-10-12-4-1-2-6-14(12)28-15)16-17(13-5-3-7-22-11-13)24(20(27)19(16)26)21-23-8-9-29-21/h1-11,17,26H. The Hall–Kier alpha value is -3.78. The highest BCUT2D eigenvalue weighted by molar-refractivity contribution is 7.13. The maximum atomic E-state index is 13.3. The number of furan rings is 1. The number of aliphatic hydroxyl groups is 1. The Labute approximate surface area is 168 Å². The van der Waals surface area contributed by atoms with E-state index >= 15 is 0 Å². The molecule has 1 unspecified atom stereocenters. The van der Waals surface area contributed by atoms with Crippen molar-refractivity contribution in [2.24, 2.45) is 0 Å². The third kappa shape index (κ3) is 2.73. The van der Waals surface area contributed by atoms with E-state index in [9.17, 15) is 14.7 Å². The van der Waals surface area contributed by atoms with E-state index in [1.807, 2.05) is 12.1 Å². The monoisotopic (exact) mass is 403 g/mol. The van der Waals surface area contributed by atoms with Crippen molar-refractivity contribution in [3.63, 3.8) is 0 Å². The normalized spacial score (nSPS) is 16.8. The van der Waals surface area contributed by atoms with Crippen LogP contribution in [0.4, 0.5) is 5.13 Å². The van der Waals surface area contributed by atoms with Gasteiger partial charge in [0.1, 0.15) is 5.58 Å². The number of Topliss-reactive ketones (excluding diaryl/α,β-unsaturated/α-hetero) is 1. The maximum Gasteiger partial charge on any atom is 0.296 e. The summed E-state index contributed by atoms with van der Waals surface area (Å²) in [5, 5.41) is 13.5. The molecule has 4 aromatic rings. The van der Waals surface area contributed by atoms with Crippen LogP contribution in [-0.4, -0.2) is 26.8 Å². The first-order chi connectivity index (χ1) is 14.1. The zero-order valence-electron chi connectivity index (χ0n) is 14.9. The summed E-state index contributed by atoms with van der Waals surface area (Å²) in [6.07, 6.45) is 4.71. The molecule has 4 heterocycles. The minimum Gasteiger partial charge on any atom is -0.503 e. The van der Waals surface area contributed by atoms with E-state index in [2.05, 4.69) is 9.97 Å². The minimum atomic E-state index is -0.858. The van der Waals surface area contributed by atoms with Crippen LogP contribution in [0.1, 0.15) is 22.2 Å². The predicted molar refractivity (Wildman–Crippen MR) is 107 cm³/mol. The number of hydrogen-bond donors (Lipinski definition) is 1. The topological polar surface area (TPSA) is 96.5 Å². The molecule has 0 saturated heterocycles. The van der Waals surface area contributed by atoms with E-state index < -0.39 is 23.5 Å². The van der Waals surface area contributed by atoms with E-state index in [4.69, 9.17) is 4.42 Å². The fourth-order valence-corrected chi connectivity index (χ4v) is 4.12. The summed E-state index contributed by atoms with van der Waals surface area (Å²) in [6, 6.07) is 11.4. The van der Waals surface area contributed by atoms with Gasteiger partial charge in [0.15, 0.2) is 16.7 Å². The van der Waals surface area contributed by atoms with Crippen molar-refractivity contribution in [3.05, 3.63) is 89.1 Å². The average molecular weight is 403 g/mol. The van der Waals surface area contributed by atoms with Gasteiger partial charge in [0, 0.05) is 29.4 Å². The first-order valence-corrected chi connectivity index (χ1v) is 9.62. The van der Waals surface area contributed by atoms with Crippen LogP contribution in [0.3, 0.4) is 0 Å². The van der Waals surface area contributed by atoms with Crippen LogP contribution in [0, 0.1) is 0 Å². The summed E-state index contributed by atoms with van der Waals surface area (Å²) >= 11 is 1.24. The molecule has 1 aliphatic heterocycles. The molecule has 0 aliphatic carbocycles. The molecule has 5 rings (SSSR count). The summed E-state index contributed by atoms with van der Waals surface area (Å²) in [5.41, 5.74) is 1.08. The molecule has 29 heavy (non-hydrogen) atoms. The molecule has 1 aromatic carbocycles. The summed E-state index contributed by atoms with van der Waals surface area (Å²) in [5.74, 6) is -1.80. The van der Waals surface area contributed by atoms with Gasteiger partial charge in [-0.25, -0.2) is 4.98 Å². The Kier molecular flexibility index (Phi) is 3.99. The van der Waals surface area contributed by atoms with Gasteiger partial charge in [-0.1, -0.05) is 24.3 Å². The van der Waals surface area contributed by atoms with E-state index in [1.54, 1.807) is 54.3 Å². The Balaban J connectivity index is 1.66. The lowest BCUT2D eigenvalue weighted by Crippen LogP contribution is -2.31. The number of anilines is 1. The van der Waals surface area contributed by atoms with Gasteiger partial charge in [-0.15, -0.1) is 11.3 Å². The number of carbonyl (C=O) groups is 2. The fourth-order valence-electron chi connectivity index (χ4n) is 3.45. The smallest absolute Gasteiger partial charge is 0.296 e. The zero-order valence-corrected chi connectivity index (χ0v) is 15.7. The summed E-state index contributed by atoms with van der Waals surface area (Å²) in [4.78, 5) is 35.8. The largest absolute Gasteiger partial charge is 0.503 e. The van der Waals surface area contributed by atoms with Gasteiger partial charge in [0.25, 0.3) is 5.91 Å². The van der Waals surface area contributed by atoms with E-state index in [1.165, 1.54) is 16.2 Å². The lowest BCUT2D eigenvalue weighted by Gasteiger charge is -2.23. The average Bonchev–Trinajstić information content (AvgIpc) is 3.47.